The van der Waals surface area contributed by atoms with Gasteiger partial charge in [-0.1, -0.05) is 38.1 Å². The summed E-state index contributed by atoms with van der Waals surface area (Å²) in [6.45, 7) is 9.05. The molecule has 0 saturated heterocycles. The lowest BCUT2D eigenvalue weighted by molar-refractivity contribution is 0.327. The van der Waals surface area contributed by atoms with Crippen LogP contribution >= 0.6 is 23.5 Å². The average Bonchev–Trinajstić information content (AvgIpc) is 2.85. The average molecular weight is 491 g/mol. The first-order valence-electron chi connectivity index (χ1n) is 11.9. The largest absolute Gasteiger partial charge is 0.497 e. The van der Waals surface area contributed by atoms with Crippen molar-refractivity contribution in [1.82, 2.24) is 10.2 Å². The van der Waals surface area contributed by atoms with Crippen molar-refractivity contribution in [3.05, 3.63) is 59.7 Å². The number of methoxy groups -OCH3 is 2. The third-order valence-electron chi connectivity index (χ3n) is 5.70. The minimum atomic E-state index is 0.654. The van der Waals surface area contributed by atoms with Crippen molar-refractivity contribution in [2.24, 2.45) is 0 Å². The van der Waals surface area contributed by atoms with E-state index in [0.717, 1.165) is 49.2 Å². The molecule has 2 unspecified atom stereocenters. The zero-order valence-electron chi connectivity index (χ0n) is 21.0. The van der Waals surface area contributed by atoms with Crippen LogP contribution in [0.4, 0.5) is 0 Å². The van der Waals surface area contributed by atoms with Gasteiger partial charge in [-0.25, -0.2) is 0 Å². The molecule has 33 heavy (non-hydrogen) atoms. The Bertz CT molecular complexity index is 756. The molecule has 0 saturated carbocycles. The number of nitrogens with zero attached hydrogens (tertiary/aromatic N) is 1. The molecule has 184 valence electrons. The van der Waals surface area contributed by atoms with E-state index in [0.29, 0.717) is 10.5 Å². The molecule has 0 radical (unpaired) electrons. The number of ether oxygens (including phenoxy) is 2. The normalized spacial score (nSPS) is 13.2. The minimum absolute atomic E-state index is 0.654. The molecule has 4 nitrogen and oxygen atoms in total. The van der Waals surface area contributed by atoms with E-state index in [4.69, 9.17) is 9.47 Å². The maximum atomic E-state index is 5.23. The van der Waals surface area contributed by atoms with Crippen LogP contribution in [0.5, 0.6) is 11.5 Å². The Kier molecular flexibility index (Phi) is 13.8. The lowest BCUT2D eigenvalue weighted by atomic mass is 10.2. The number of nitrogens with one attached hydrogen (secondary N) is 1. The third kappa shape index (κ3) is 12.1. The number of hydrogen-bond donors (Lipinski definition) is 1. The predicted molar refractivity (Wildman–Crippen MR) is 147 cm³/mol. The molecule has 6 heteroatoms. The van der Waals surface area contributed by atoms with Crippen molar-refractivity contribution in [2.75, 3.05) is 47.4 Å². The Morgan fingerprint density at radius 3 is 1.70 bits per heavy atom. The summed E-state index contributed by atoms with van der Waals surface area (Å²) in [5, 5.41) is 4.93. The lowest BCUT2D eigenvalue weighted by Gasteiger charge is -2.20. The molecule has 0 fully saturated rings. The molecule has 2 aromatic carbocycles. The summed E-state index contributed by atoms with van der Waals surface area (Å²) in [6, 6.07) is 16.8. The molecule has 0 heterocycles. The van der Waals surface area contributed by atoms with Crippen molar-refractivity contribution in [3.63, 3.8) is 0 Å². The third-order valence-corrected chi connectivity index (χ3v) is 8.31. The molecule has 0 aliphatic heterocycles. The van der Waals surface area contributed by atoms with Gasteiger partial charge in [-0.3, -0.25) is 0 Å². The van der Waals surface area contributed by atoms with Gasteiger partial charge in [0.2, 0.25) is 0 Å². The van der Waals surface area contributed by atoms with E-state index < -0.39 is 0 Å². The molecule has 2 atom stereocenters. The quantitative estimate of drug-likeness (QED) is 0.276. The van der Waals surface area contributed by atoms with E-state index in [1.807, 2.05) is 47.8 Å². The van der Waals surface area contributed by atoms with Crippen LogP contribution in [0.15, 0.2) is 48.5 Å². The van der Waals surface area contributed by atoms with E-state index in [1.54, 1.807) is 14.2 Å². The van der Waals surface area contributed by atoms with Crippen LogP contribution in [0.2, 0.25) is 0 Å². The van der Waals surface area contributed by atoms with Crippen molar-refractivity contribution in [3.8, 4) is 11.5 Å². The summed E-state index contributed by atoms with van der Waals surface area (Å²) in [7, 11) is 5.65. The Hall–Kier alpha value is -1.34. The summed E-state index contributed by atoms with van der Waals surface area (Å²) >= 11 is 4.06. The van der Waals surface area contributed by atoms with Gasteiger partial charge in [0, 0.05) is 35.1 Å². The second-order valence-electron chi connectivity index (χ2n) is 8.57. The van der Waals surface area contributed by atoms with Gasteiger partial charge in [0.15, 0.2) is 0 Å². The lowest BCUT2D eigenvalue weighted by Crippen LogP contribution is -2.31. The van der Waals surface area contributed by atoms with Crippen LogP contribution in [0.3, 0.4) is 0 Å². The summed E-state index contributed by atoms with van der Waals surface area (Å²) in [5.41, 5.74) is 2.72. The topological polar surface area (TPSA) is 33.7 Å². The van der Waals surface area contributed by atoms with E-state index >= 15 is 0 Å². The van der Waals surface area contributed by atoms with Gasteiger partial charge in [-0.2, -0.15) is 23.5 Å². The van der Waals surface area contributed by atoms with Gasteiger partial charge >= 0.3 is 0 Å². The zero-order valence-corrected chi connectivity index (χ0v) is 22.6. The van der Waals surface area contributed by atoms with Gasteiger partial charge in [-0.15, -0.1) is 0 Å². The molecular weight excluding hydrogens is 448 g/mol. The maximum absolute atomic E-state index is 5.23. The van der Waals surface area contributed by atoms with Crippen molar-refractivity contribution in [2.45, 2.75) is 48.7 Å². The number of rotatable bonds is 17. The Morgan fingerprint density at radius 1 is 0.727 bits per heavy atom. The molecule has 0 aromatic heterocycles. The van der Waals surface area contributed by atoms with Crippen LogP contribution in [0.25, 0.3) is 0 Å². The van der Waals surface area contributed by atoms with Gasteiger partial charge < -0.3 is 19.7 Å². The van der Waals surface area contributed by atoms with E-state index in [1.165, 1.54) is 24.0 Å². The van der Waals surface area contributed by atoms with Gasteiger partial charge in [0.1, 0.15) is 11.5 Å². The first-order valence-corrected chi connectivity index (χ1v) is 14.0. The van der Waals surface area contributed by atoms with Gasteiger partial charge in [-0.05, 0) is 68.4 Å². The highest BCUT2D eigenvalue weighted by Crippen LogP contribution is 2.22. The highest BCUT2D eigenvalue weighted by molar-refractivity contribution is 7.99. The van der Waals surface area contributed by atoms with E-state index in [2.05, 4.69) is 55.4 Å². The van der Waals surface area contributed by atoms with Crippen molar-refractivity contribution >= 4 is 23.5 Å². The smallest absolute Gasteiger partial charge is 0.118 e. The molecule has 2 aromatic rings. The predicted octanol–water partition coefficient (Wildman–Crippen LogP) is 5.95. The number of likely N-dealkylation sites (N-methyl/N-ethyl adjacent to an activating group) is 1. The van der Waals surface area contributed by atoms with Gasteiger partial charge in [0.25, 0.3) is 0 Å². The van der Waals surface area contributed by atoms with Crippen LogP contribution in [0, 0.1) is 0 Å². The standard InChI is InChI=1S/C27H42N2O2S2/c1-22(32-20-24-6-10-26(30-4)11-7-24)14-16-28-17-19-29(3)18-15-23(2)33-21-25-8-12-27(31-5)13-9-25/h6-13,22-23,28H,14-21H2,1-5H3. The van der Waals surface area contributed by atoms with E-state index in [9.17, 15) is 0 Å². The fourth-order valence-corrected chi connectivity index (χ4v) is 5.20. The zero-order chi connectivity index (χ0) is 23.9. The minimum Gasteiger partial charge on any atom is -0.497 e. The second-order valence-corrected chi connectivity index (χ2v) is 11.4. The second kappa shape index (κ2) is 16.3. The monoisotopic (exact) mass is 490 g/mol. The van der Waals surface area contributed by atoms with Crippen LogP contribution < -0.4 is 14.8 Å². The number of benzene rings is 2. The van der Waals surface area contributed by atoms with Crippen molar-refractivity contribution in [1.29, 1.82) is 0 Å². The Morgan fingerprint density at radius 2 is 1.21 bits per heavy atom. The number of thioether (sulfide) groups is 2. The highest BCUT2D eigenvalue weighted by atomic mass is 32.2. The summed E-state index contributed by atoms with van der Waals surface area (Å²) in [4.78, 5) is 2.44. The van der Waals surface area contributed by atoms with Crippen molar-refractivity contribution < 1.29 is 9.47 Å². The molecule has 2 rings (SSSR count). The highest BCUT2D eigenvalue weighted by Gasteiger charge is 2.07. The molecule has 0 spiro atoms. The Labute approximate surface area is 210 Å². The maximum Gasteiger partial charge on any atom is 0.118 e. The van der Waals surface area contributed by atoms with Crippen LogP contribution in [-0.2, 0) is 11.5 Å². The fourth-order valence-electron chi connectivity index (χ4n) is 3.30. The SMILES string of the molecule is COc1ccc(CSC(C)CCNCCN(C)CCC(C)SCc2ccc(OC)cc2)cc1. The molecule has 1 N–H and O–H groups in total. The van der Waals surface area contributed by atoms with Crippen LogP contribution in [-0.4, -0.2) is 62.8 Å². The fraction of sp³-hybridized carbons (Fsp3) is 0.556. The summed E-state index contributed by atoms with van der Waals surface area (Å²) in [5.74, 6) is 3.97. The van der Waals surface area contributed by atoms with Crippen LogP contribution in [0.1, 0.15) is 37.8 Å². The first-order chi connectivity index (χ1) is 16.0. The molecule has 0 aliphatic carbocycles. The summed E-state index contributed by atoms with van der Waals surface area (Å²) < 4.78 is 10.5. The Balaban J connectivity index is 1.47. The molecule has 0 aliphatic rings. The molecular formula is C27H42N2O2S2. The number of hydrogen-bond acceptors (Lipinski definition) is 6. The van der Waals surface area contributed by atoms with E-state index in [-0.39, 0.29) is 0 Å². The molecule has 0 bridgehead atoms. The summed E-state index contributed by atoms with van der Waals surface area (Å²) in [6.07, 6.45) is 2.42. The van der Waals surface area contributed by atoms with Gasteiger partial charge in [0.05, 0.1) is 14.2 Å². The first kappa shape index (κ1) is 27.9. The molecule has 0 amide bonds.